The summed E-state index contributed by atoms with van der Waals surface area (Å²) in [5.74, 6) is -0.529. The van der Waals surface area contributed by atoms with E-state index in [1.54, 1.807) is 61.5 Å². The van der Waals surface area contributed by atoms with Crippen LogP contribution in [0.4, 0.5) is 15.9 Å². The molecule has 0 aliphatic carbocycles. The number of halogens is 2. The Labute approximate surface area is 205 Å². The fraction of sp³-hybridized carbons (Fsp3) is 0.120. The van der Waals surface area contributed by atoms with Crippen LogP contribution in [0, 0.1) is 22.9 Å². The number of hydrogen-bond donors (Lipinski definition) is 1. The zero-order valence-electron chi connectivity index (χ0n) is 18.6. The van der Waals surface area contributed by atoms with Crippen molar-refractivity contribution in [3.63, 3.8) is 0 Å². The number of aromatic nitrogens is 2. The molecule has 0 aliphatic heterocycles. The number of nitro groups is 1. The zero-order chi connectivity index (χ0) is 24.9. The lowest BCUT2D eigenvalue weighted by atomic mass is 10.1. The lowest BCUT2D eigenvalue weighted by Crippen LogP contribution is -2.13. The predicted octanol–water partition coefficient (Wildman–Crippen LogP) is 5.77. The first kappa shape index (κ1) is 23.9. The molecule has 0 fully saturated rings. The van der Waals surface area contributed by atoms with Crippen molar-refractivity contribution in [1.29, 1.82) is 0 Å². The largest absolute Gasteiger partial charge is 0.482 e. The third-order valence-corrected chi connectivity index (χ3v) is 5.41. The Morgan fingerprint density at radius 2 is 1.97 bits per heavy atom. The van der Waals surface area contributed by atoms with E-state index in [4.69, 9.17) is 16.3 Å². The van der Waals surface area contributed by atoms with Crippen LogP contribution in [0.2, 0.25) is 5.02 Å². The molecule has 8 nitrogen and oxygen atoms in total. The predicted molar refractivity (Wildman–Crippen MR) is 129 cm³/mol. The van der Waals surface area contributed by atoms with Gasteiger partial charge in [-0.3, -0.25) is 19.6 Å². The van der Waals surface area contributed by atoms with Gasteiger partial charge in [0.25, 0.3) is 5.91 Å². The van der Waals surface area contributed by atoms with Crippen LogP contribution in [0.15, 0.2) is 72.9 Å². The Hall–Kier alpha value is -4.24. The molecule has 0 bridgehead atoms. The van der Waals surface area contributed by atoms with E-state index in [2.05, 4.69) is 10.4 Å². The fourth-order valence-electron chi connectivity index (χ4n) is 3.40. The third kappa shape index (κ3) is 5.82. The summed E-state index contributed by atoms with van der Waals surface area (Å²) in [4.78, 5) is 23.6. The van der Waals surface area contributed by atoms with E-state index < -0.39 is 10.8 Å². The number of ether oxygens (including phenoxy) is 1. The van der Waals surface area contributed by atoms with Gasteiger partial charge in [-0.05, 0) is 42.3 Å². The number of anilines is 1. The molecule has 10 heteroatoms. The van der Waals surface area contributed by atoms with E-state index in [-0.39, 0.29) is 41.2 Å². The van der Waals surface area contributed by atoms with E-state index in [1.165, 1.54) is 23.0 Å². The van der Waals surface area contributed by atoms with E-state index in [9.17, 15) is 19.3 Å². The first-order chi connectivity index (χ1) is 16.8. The molecule has 4 aromatic rings. The number of nitrogens with one attached hydrogen (secondary N) is 1. The van der Waals surface area contributed by atoms with Crippen molar-refractivity contribution in [1.82, 2.24) is 9.78 Å². The van der Waals surface area contributed by atoms with Gasteiger partial charge in [0.1, 0.15) is 17.4 Å². The first-order valence-corrected chi connectivity index (χ1v) is 10.9. The van der Waals surface area contributed by atoms with Gasteiger partial charge in [0.2, 0.25) is 0 Å². The molecule has 178 valence electrons. The van der Waals surface area contributed by atoms with Gasteiger partial charge in [0.15, 0.2) is 11.6 Å². The van der Waals surface area contributed by atoms with Gasteiger partial charge in [-0.15, -0.1) is 0 Å². The van der Waals surface area contributed by atoms with Crippen molar-refractivity contribution in [2.75, 3.05) is 5.32 Å². The molecule has 0 unspecified atom stereocenters. The average molecular weight is 495 g/mol. The maximum atomic E-state index is 13.9. The molecule has 35 heavy (non-hydrogen) atoms. The number of benzene rings is 3. The number of rotatable bonds is 8. The second-order valence-corrected chi connectivity index (χ2v) is 8.19. The van der Waals surface area contributed by atoms with Crippen molar-refractivity contribution in [3.8, 4) is 5.75 Å². The zero-order valence-corrected chi connectivity index (χ0v) is 19.3. The highest BCUT2D eigenvalue weighted by molar-refractivity contribution is 6.33. The van der Waals surface area contributed by atoms with E-state index in [1.807, 2.05) is 0 Å². The van der Waals surface area contributed by atoms with Crippen molar-refractivity contribution < 1.29 is 18.8 Å². The normalized spacial score (nSPS) is 10.7. The summed E-state index contributed by atoms with van der Waals surface area (Å²) in [5.41, 5.74) is 2.02. The monoisotopic (exact) mass is 494 g/mol. The van der Waals surface area contributed by atoms with Gasteiger partial charge < -0.3 is 10.1 Å². The summed E-state index contributed by atoms with van der Waals surface area (Å²) in [6.07, 6.45) is 1.50. The lowest BCUT2D eigenvalue weighted by molar-refractivity contribution is -0.386. The molecule has 0 radical (unpaired) electrons. The summed E-state index contributed by atoms with van der Waals surface area (Å²) >= 11 is 6.22. The standard InChI is InChI=1S/C25H20ClFN4O4/c1-16-9-10-23(22(11-16)31(33)34)35-15-17-5-4-7-18(12-17)25(32)28-24-20(26)14-30(29-24)13-19-6-2-3-8-21(19)27/h2-12,14H,13,15H2,1H3,(H,28,29,32). The molecule has 0 spiro atoms. The number of amides is 1. The van der Waals surface area contributed by atoms with Crippen molar-refractivity contribution in [2.45, 2.75) is 20.1 Å². The van der Waals surface area contributed by atoms with Gasteiger partial charge in [0, 0.05) is 23.4 Å². The van der Waals surface area contributed by atoms with E-state index >= 15 is 0 Å². The number of hydrogen-bond acceptors (Lipinski definition) is 5. The molecule has 0 aliphatic rings. The number of carbonyl (C=O) groups is 1. The first-order valence-electron chi connectivity index (χ1n) is 10.5. The number of nitro benzene ring substituents is 1. The van der Waals surface area contributed by atoms with Crippen LogP contribution < -0.4 is 10.1 Å². The molecule has 1 N–H and O–H groups in total. The van der Waals surface area contributed by atoms with Crippen LogP contribution in [0.3, 0.4) is 0 Å². The minimum atomic E-state index is -0.499. The molecular formula is C25H20ClFN4O4. The Kier molecular flexibility index (Phi) is 7.07. The Morgan fingerprint density at radius 1 is 1.17 bits per heavy atom. The molecule has 1 aromatic heterocycles. The smallest absolute Gasteiger partial charge is 0.311 e. The number of nitrogens with zero attached hydrogens (tertiary/aromatic N) is 3. The highest BCUT2D eigenvalue weighted by atomic mass is 35.5. The van der Waals surface area contributed by atoms with Gasteiger partial charge in [-0.2, -0.15) is 5.10 Å². The molecule has 1 heterocycles. The minimum absolute atomic E-state index is 0.0308. The summed E-state index contributed by atoms with van der Waals surface area (Å²) in [5, 5.41) is 18.4. The van der Waals surface area contributed by atoms with Crippen molar-refractivity contribution >= 4 is 29.0 Å². The average Bonchev–Trinajstić information content (AvgIpc) is 3.18. The number of aryl methyl sites for hydroxylation is 1. The van der Waals surface area contributed by atoms with Crippen LogP contribution in [0.5, 0.6) is 5.75 Å². The molecule has 3 aromatic carbocycles. The van der Waals surface area contributed by atoms with Gasteiger partial charge in [0.05, 0.1) is 11.5 Å². The second kappa shape index (κ2) is 10.4. The van der Waals surface area contributed by atoms with Gasteiger partial charge in [-0.25, -0.2) is 4.39 Å². The van der Waals surface area contributed by atoms with Crippen LogP contribution in [-0.2, 0) is 13.2 Å². The van der Waals surface area contributed by atoms with Crippen LogP contribution in [-0.4, -0.2) is 20.6 Å². The van der Waals surface area contributed by atoms with E-state index in [0.29, 0.717) is 16.7 Å². The summed E-state index contributed by atoms with van der Waals surface area (Å²) in [7, 11) is 0. The van der Waals surface area contributed by atoms with Crippen LogP contribution in [0.25, 0.3) is 0 Å². The molecule has 0 saturated carbocycles. The van der Waals surface area contributed by atoms with Crippen LogP contribution >= 0.6 is 11.6 Å². The second-order valence-electron chi connectivity index (χ2n) is 7.79. The Balaban J connectivity index is 1.44. The van der Waals surface area contributed by atoms with Crippen molar-refractivity contribution in [2.24, 2.45) is 0 Å². The molecular weight excluding hydrogens is 475 g/mol. The summed E-state index contributed by atoms with van der Waals surface area (Å²) < 4.78 is 21.0. The fourth-order valence-corrected chi connectivity index (χ4v) is 3.60. The van der Waals surface area contributed by atoms with Crippen molar-refractivity contribution in [3.05, 3.63) is 116 Å². The molecule has 1 amide bonds. The highest BCUT2D eigenvalue weighted by Gasteiger charge is 2.16. The maximum absolute atomic E-state index is 13.9. The lowest BCUT2D eigenvalue weighted by Gasteiger charge is -2.09. The quantitative estimate of drug-likeness (QED) is 0.247. The maximum Gasteiger partial charge on any atom is 0.311 e. The van der Waals surface area contributed by atoms with E-state index in [0.717, 1.165) is 5.56 Å². The van der Waals surface area contributed by atoms with Gasteiger partial charge in [-0.1, -0.05) is 48.0 Å². The van der Waals surface area contributed by atoms with Gasteiger partial charge >= 0.3 is 5.69 Å². The molecule has 0 atom stereocenters. The number of carbonyl (C=O) groups excluding carboxylic acids is 1. The topological polar surface area (TPSA) is 99.3 Å². The highest BCUT2D eigenvalue weighted by Crippen LogP contribution is 2.28. The minimum Gasteiger partial charge on any atom is -0.482 e. The molecule has 0 saturated heterocycles. The Bertz CT molecular complexity index is 1410. The SMILES string of the molecule is Cc1ccc(OCc2cccc(C(=O)Nc3nn(Cc4ccccc4F)cc3Cl)c2)c([N+](=O)[O-])c1. The van der Waals surface area contributed by atoms with Crippen LogP contribution in [0.1, 0.15) is 27.0 Å². The Morgan fingerprint density at radius 3 is 2.74 bits per heavy atom. The summed E-state index contributed by atoms with van der Waals surface area (Å²) in [6, 6.07) is 17.7. The third-order valence-electron chi connectivity index (χ3n) is 5.13. The molecule has 4 rings (SSSR count). The summed E-state index contributed by atoms with van der Waals surface area (Å²) in [6.45, 7) is 1.94.